The molecule has 1 aliphatic rings. The molecule has 0 spiro atoms. The number of aliphatic hydroxyl groups excluding tert-OH is 3. The predicted molar refractivity (Wildman–Crippen MR) is 40.5 cm³/mol. The summed E-state index contributed by atoms with van der Waals surface area (Å²) in [6.45, 7) is 1.95. The van der Waals surface area contributed by atoms with Crippen molar-refractivity contribution in [2.75, 3.05) is 13.2 Å². The minimum atomic E-state index is -1.38. The Morgan fingerprint density at radius 2 is 2.23 bits per heavy atom. The molecular weight excluding hydrogens is 180 g/mol. The standard InChI is InChI=1S/C7H14O6/c1-2-12-13-7(10)6-5(9)4(8)3-11-6/h4-10H,2-3H2,1H3. The zero-order valence-electron chi connectivity index (χ0n) is 7.29. The fourth-order valence-corrected chi connectivity index (χ4v) is 1.07. The smallest absolute Gasteiger partial charge is 0.217 e. The van der Waals surface area contributed by atoms with Crippen molar-refractivity contribution in [1.82, 2.24) is 0 Å². The van der Waals surface area contributed by atoms with Crippen LogP contribution in [0.15, 0.2) is 0 Å². The first kappa shape index (κ1) is 10.8. The van der Waals surface area contributed by atoms with Crippen LogP contribution in [0.4, 0.5) is 0 Å². The highest BCUT2D eigenvalue weighted by atomic mass is 17.2. The van der Waals surface area contributed by atoms with Crippen molar-refractivity contribution in [1.29, 1.82) is 0 Å². The van der Waals surface area contributed by atoms with Gasteiger partial charge in [-0.2, -0.15) is 0 Å². The van der Waals surface area contributed by atoms with Gasteiger partial charge in [0.15, 0.2) is 0 Å². The van der Waals surface area contributed by atoms with Gasteiger partial charge in [-0.25, -0.2) is 9.78 Å². The number of hydrogen-bond donors (Lipinski definition) is 3. The molecule has 0 aliphatic carbocycles. The van der Waals surface area contributed by atoms with E-state index in [1.165, 1.54) is 0 Å². The molecule has 3 N–H and O–H groups in total. The van der Waals surface area contributed by atoms with Crippen molar-refractivity contribution in [3.63, 3.8) is 0 Å². The Morgan fingerprint density at radius 3 is 2.69 bits per heavy atom. The Labute approximate surface area is 75.6 Å². The van der Waals surface area contributed by atoms with Crippen LogP contribution >= 0.6 is 0 Å². The molecule has 4 unspecified atom stereocenters. The number of aliphatic hydroxyl groups is 3. The second kappa shape index (κ2) is 4.85. The van der Waals surface area contributed by atoms with E-state index in [0.717, 1.165) is 0 Å². The van der Waals surface area contributed by atoms with Gasteiger partial charge in [-0.15, -0.1) is 0 Å². The van der Waals surface area contributed by atoms with Gasteiger partial charge in [-0.1, -0.05) is 0 Å². The number of ether oxygens (including phenoxy) is 1. The summed E-state index contributed by atoms with van der Waals surface area (Å²) in [7, 11) is 0. The van der Waals surface area contributed by atoms with Crippen molar-refractivity contribution in [2.45, 2.75) is 31.5 Å². The third kappa shape index (κ3) is 2.60. The fourth-order valence-electron chi connectivity index (χ4n) is 1.07. The van der Waals surface area contributed by atoms with Crippen LogP contribution in [0.1, 0.15) is 6.92 Å². The molecular formula is C7H14O6. The minimum absolute atomic E-state index is 0.0155. The molecule has 0 aromatic carbocycles. The van der Waals surface area contributed by atoms with E-state index in [2.05, 4.69) is 9.78 Å². The third-order valence-electron chi connectivity index (χ3n) is 1.76. The molecule has 0 aromatic heterocycles. The van der Waals surface area contributed by atoms with Crippen molar-refractivity contribution in [2.24, 2.45) is 0 Å². The molecule has 4 atom stereocenters. The van der Waals surface area contributed by atoms with Crippen LogP contribution in [0.3, 0.4) is 0 Å². The zero-order chi connectivity index (χ0) is 9.84. The van der Waals surface area contributed by atoms with Gasteiger partial charge in [-0.05, 0) is 6.92 Å². The fraction of sp³-hybridized carbons (Fsp3) is 1.00. The maximum absolute atomic E-state index is 9.26. The molecule has 0 bridgehead atoms. The van der Waals surface area contributed by atoms with Crippen LogP contribution in [0.2, 0.25) is 0 Å². The third-order valence-corrected chi connectivity index (χ3v) is 1.76. The molecule has 6 nitrogen and oxygen atoms in total. The van der Waals surface area contributed by atoms with Crippen molar-refractivity contribution >= 4 is 0 Å². The monoisotopic (exact) mass is 194 g/mol. The van der Waals surface area contributed by atoms with Crippen molar-refractivity contribution < 1.29 is 29.8 Å². The van der Waals surface area contributed by atoms with Crippen LogP contribution in [0, 0.1) is 0 Å². The summed E-state index contributed by atoms with van der Waals surface area (Å²) in [5.41, 5.74) is 0. The van der Waals surface area contributed by atoms with Gasteiger partial charge in [0, 0.05) is 0 Å². The Hall–Kier alpha value is -0.240. The van der Waals surface area contributed by atoms with Gasteiger partial charge in [0.05, 0.1) is 13.2 Å². The highest BCUT2D eigenvalue weighted by Crippen LogP contribution is 2.18. The first-order valence-electron chi connectivity index (χ1n) is 4.11. The largest absolute Gasteiger partial charge is 0.388 e. The molecule has 1 heterocycles. The highest BCUT2D eigenvalue weighted by Gasteiger charge is 2.40. The van der Waals surface area contributed by atoms with E-state index >= 15 is 0 Å². The van der Waals surface area contributed by atoms with Crippen LogP contribution in [0.25, 0.3) is 0 Å². The van der Waals surface area contributed by atoms with Crippen LogP contribution in [0.5, 0.6) is 0 Å². The van der Waals surface area contributed by atoms with Crippen LogP contribution < -0.4 is 0 Å². The van der Waals surface area contributed by atoms with Crippen LogP contribution in [-0.2, 0) is 14.5 Å². The van der Waals surface area contributed by atoms with Crippen molar-refractivity contribution in [3.8, 4) is 0 Å². The molecule has 1 fully saturated rings. The topological polar surface area (TPSA) is 88.4 Å². The summed E-state index contributed by atoms with van der Waals surface area (Å²) < 4.78 is 4.88. The maximum atomic E-state index is 9.26. The summed E-state index contributed by atoms with van der Waals surface area (Å²) in [6, 6.07) is 0. The Balaban J connectivity index is 2.34. The molecule has 0 radical (unpaired) electrons. The average Bonchev–Trinajstić information content (AvgIpc) is 2.44. The predicted octanol–water partition coefficient (Wildman–Crippen LogP) is -1.61. The van der Waals surface area contributed by atoms with E-state index < -0.39 is 24.6 Å². The van der Waals surface area contributed by atoms with E-state index in [1.807, 2.05) is 0 Å². The van der Waals surface area contributed by atoms with Gasteiger partial charge < -0.3 is 20.1 Å². The van der Waals surface area contributed by atoms with E-state index in [0.29, 0.717) is 0 Å². The molecule has 0 amide bonds. The quantitative estimate of drug-likeness (QED) is 0.283. The molecule has 1 aliphatic heterocycles. The lowest BCUT2D eigenvalue weighted by atomic mass is 10.1. The van der Waals surface area contributed by atoms with Gasteiger partial charge in [-0.3, -0.25) is 0 Å². The first-order chi connectivity index (χ1) is 6.16. The van der Waals surface area contributed by atoms with Gasteiger partial charge in [0.1, 0.15) is 18.3 Å². The van der Waals surface area contributed by atoms with E-state index in [-0.39, 0.29) is 13.2 Å². The van der Waals surface area contributed by atoms with E-state index in [4.69, 9.17) is 9.84 Å². The SMILES string of the molecule is CCOOC(O)C1OCC(O)C1O. The summed E-state index contributed by atoms with van der Waals surface area (Å²) in [5, 5.41) is 27.5. The maximum Gasteiger partial charge on any atom is 0.217 e. The molecule has 13 heavy (non-hydrogen) atoms. The molecule has 78 valence electrons. The van der Waals surface area contributed by atoms with Gasteiger partial charge in [0.25, 0.3) is 0 Å². The first-order valence-corrected chi connectivity index (χ1v) is 4.11. The summed E-state index contributed by atoms with van der Waals surface area (Å²) in [5.74, 6) is 0. The molecule has 0 saturated carbocycles. The highest BCUT2D eigenvalue weighted by molar-refractivity contribution is 4.84. The Bertz CT molecular complexity index is 152. The molecule has 1 rings (SSSR count). The zero-order valence-corrected chi connectivity index (χ0v) is 7.29. The lowest BCUT2D eigenvalue weighted by Crippen LogP contribution is -2.39. The lowest BCUT2D eigenvalue weighted by molar-refractivity contribution is -0.387. The average molecular weight is 194 g/mol. The van der Waals surface area contributed by atoms with Crippen LogP contribution in [-0.4, -0.2) is 53.1 Å². The summed E-state index contributed by atoms with van der Waals surface area (Å²) >= 11 is 0. The number of rotatable bonds is 4. The summed E-state index contributed by atoms with van der Waals surface area (Å²) in [6.07, 6.45) is -4.46. The number of hydrogen-bond acceptors (Lipinski definition) is 6. The van der Waals surface area contributed by atoms with Gasteiger partial charge >= 0.3 is 0 Å². The molecule has 6 heteroatoms. The van der Waals surface area contributed by atoms with Crippen molar-refractivity contribution in [3.05, 3.63) is 0 Å². The Morgan fingerprint density at radius 1 is 1.54 bits per heavy atom. The Kier molecular flexibility index (Phi) is 4.04. The minimum Gasteiger partial charge on any atom is -0.388 e. The second-order valence-electron chi connectivity index (χ2n) is 2.75. The second-order valence-corrected chi connectivity index (χ2v) is 2.75. The summed E-state index contributed by atoms with van der Waals surface area (Å²) in [4.78, 5) is 8.92. The van der Waals surface area contributed by atoms with E-state index in [9.17, 15) is 10.2 Å². The molecule has 1 saturated heterocycles. The van der Waals surface area contributed by atoms with Gasteiger partial charge in [0.2, 0.25) is 6.29 Å². The lowest BCUT2D eigenvalue weighted by Gasteiger charge is -2.19. The van der Waals surface area contributed by atoms with E-state index in [1.54, 1.807) is 6.92 Å². The normalized spacial score (nSPS) is 36.5. The molecule has 0 aromatic rings.